The number of hydrogen-bond acceptors (Lipinski definition) is 2. The third-order valence-corrected chi connectivity index (χ3v) is 2.84. The second-order valence-corrected chi connectivity index (χ2v) is 4.95. The monoisotopic (exact) mass is 234 g/mol. The number of benzene rings is 1. The Balaban J connectivity index is 2.46. The van der Waals surface area contributed by atoms with Crippen LogP contribution in [-0.4, -0.2) is 12.1 Å². The highest BCUT2D eigenvalue weighted by atomic mass is 16.5. The van der Waals surface area contributed by atoms with Gasteiger partial charge in [0, 0.05) is 0 Å². The number of hydrogen-bond donors (Lipinski definition) is 0. The molecule has 1 aromatic rings. The number of carbonyl (C=O) groups excluding carboxylic acids is 1. The van der Waals surface area contributed by atoms with Gasteiger partial charge in [-0.25, -0.2) is 0 Å². The molecule has 1 rings (SSSR count). The highest BCUT2D eigenvalue weighted by Gasteiger charge is 2.16. The van der Waals surface area contributed by atoms with Crippen molar-refractivity contribution in [3.8, 4) is 0 Å². The molecule has 0 fully saturated rings. The Hall–Kier alpha value is -1.31. The van der Waals surface area contributed by atoms with Gasteiger partial charge in [0.05, 0.1) is 12.0 Å². The van der Waals surface area contributed by atoms with Crippen LogP contribution in [0.25, 0.3) is 0 Å². The van der Waals surface area contributed by atoms with E-state index in [0.29, 0.717) is 5.92 Å². The van der Waals surface area contributed by atoms with Crippen LogP contribution in [0.1, 0.15) is 45.6 Å². The first-order chi connectivity index (χ1) is 8.00. The zero-order valence-corrected chi connectivity index (χ0v) is 11.1. The van der Waals surface area contributed by atoms with Crippen LogP contribution in [0.3, 0.4) is 0 Å². The van der Waals surface area contributed by atoms with Crippen molar-refractivity contribution in [3.63, 3.8) is 0 Å². The lowest BCUT2D eigenvalue weighted by Gasteiger charge is -2.19. The molecule has 1 aromatic carbocycles. The first kappa shape index (κ1) is 13.8. The molecular formula is C15H22O2. The van der Waals surface area contributed by atoms with E-state index in [1.165, 1.54) is 5.56 Å². The predicted octanol–water partition coefficient (Wildman–Crippen LogP) is 3.77. The van der Waals surface area contributed by atoms with E-state index >= 15 is 0 Å². The summed E-state index contributed by atoms with van der Waals surface area (Å²) in [5.74, 6) is 0.244. The van der Waals surface area contributed by atoms with Crippen LogP contribution in [0.2, 0.25) is 0 Å². The molecule has 17 heavy (non-hydrogen) atoms. The summed E-state index contributed by atoms with van der Waals surface area (Å²) in [4.78, 5) is 11.4. The maximum absolute atomic E-state index is 11.4. The molecule has 0 N–H and O–H groups in total. The average molecular weight is 234 g/mol. The van der Waals surface area contributed by atoms with E-state index in [4.69, 9.17) is 4.74 Å². The summed E-state index contributed by atoms with van der Waals surface area (Å²) < 4.78 is 5.36. The molecule has 2 nitrogen and oxygen atoms in total. The average Bonchev–Trinajstić information content (AvgIpc) is 2.29. The SMILES string of the molecule is CC(CC(C)c1ccccc1)OC(=O)C(C)C. The lowest BCUT2D eigenvalue weighted by molar-refractivity contribution is -0.152. The predicted molar refractivity (Wildman–Crippen MR) is 69.9 cm³/mol. The molecule has 0 aliphatic heterocycles. The largest absolute Gasteiger partial charge is 0.462 e. The maximum Gasteiger partial charge on any atom is 0.308 e. The fourth-order valence-electron chi connectivity index (χ4n) is 1.80. The van der Waals surface area contributed by atoms with Crippen molar-refractivity contribution in [3.05, 3.63) is 35.9 Å². The minimum Gasteiger partial charge on any atom is -0.462 e. The van der Waals surface area contributed by atoms with Crippen LogP contribution in [0.5, 0.6) is 0 Å². The lowest BCUT2D eigenvalue weighted by atomic mass is 9.95. The van der Waals surface area contributed by atoms with Gasteiger partial charge in [0.15, 0.2) is 0 Å². The second-order valence-electron chi connectivity index (χ2n) is 4.95. The number of rotatable bonds is 5. The van der Waals surface area contributed by atoms with Crippen LogP contribution < -0.4 is 0 Å². The van der Waals surface area contributed by atoms with Crippen molar-refractivity contribution in [2.24, 2.45) is 5.92 Å². The molecule has 0 bridgehead atoms. The summed E-state index contributed by atoms with van der Waals surface area (Å²) in [5.41, 5.74) is 1.29. The van der Waals surface area contributed by atoms with Gasteiger partial charge in [-0.1, -0.05) is 51.1 Å². The molecule has 2 unspecified atom stereocenters. The Morgan fingerprint density at radius 2 is 1.71 bits per heavy atom. The molecule has 0 spiro atoms. The van der Waals surface area contributed by atoms with Gasteiger partial charge in [0.2, 0.25) is 0 Å². The normalized spacial score (nSPS) is 14.4. The third kappa shape index (κ3) is 4.59. The zero-order chi connectivity index (χ0) is 12.8. The molecule has 0 saturated carbocycles. The summed E-state index contributed by atoms with van der Waals surface area (Å²) >= 11 is 0. The van der Waals surface area contributed by atoms with Crippen LogP contribution in [0, 0.1) is 5.92 Å². The van der Waals surface area contributed by atoms with Crippen molar-refractivity contribution in [2.75, 3.05) is 0 Å². The zero-order valence-electron chi connectivity index (χ0n) is 11.1. The van der Waals surface area contributed by atoms with Gasteiger partial charge in [-0.2, -0.15) is 0 Å². The summed E-state index contributed by atoms with van der Waals surface area (Å²) in [6.07, 6.45) is 0.836. The highest BCUT2D eigenvalue weighted by molar-refractivity contribution is 5.71. The van der Waals surface area contributed by atoms with E-state index in [1.54, 1.807) is 0 Å². The van der Waals surface area contributed by atoms with Gasteiger partial charge in [0.1, 0.15) is 0 Å². The van der Waals surface area contributed by atoms with Crippen molar-refractivity contribution in [2.45, 2.75) is 46.1 Å². The molecule has 2 atom stereocenters. The lowest BCUT2D eigenvalue weighted by Crippen LogP contribution is -2.20. The molecular weight excluding hydrogens is 212 g/mol. The minimum absolute atomic E-state index is 0.0277. The Morgan fingerprint density at radius 1 is 1.12 bits per heavy atom. The number of ether oxygens (including phenoxy) is 1. The first-order valence-electron chi connectivity index (χ1n) is 6.26. The summed E-state index contributed by atoms with van der Waals surface area (Å²) in [6, 6.07) is 10.3. The van der Waals surface area contributed by atoms with Crippen LogP contribution in [0.15, 0.2) is 30.3 Å². The van der Waals surface area contributed by atoms with E-state index in [-0.39, 0.29) is 18.0 Å². The van der Waals surface area contributed by atoms with E-state index in [0.717, 1.165) is 6.42 Å². The molecule has 0 aliphatic carbocycles. The van der Waals surface area contributed by atoms with Crippen molar-refractivity contribution in [1.82, 2.24) is 0 Å². The molecule has 0 aromatic heterocycles. The Bertz CT molecular complexity index is 343. The van der Waals surface area contributed by atoms with Crippen molar-refractivity contribution < 1.29 is 9.53 Å². The molecule has 0 heterocycles. The highest BCUT2D eigenvalue weighted by Crippen LogP contribution is 2.21. The topological polar surface area (TPSA) is 26.3 Å². The van der Waals surface area contributed by atoms with E-state index in [9.17, 15) is 4.79 Å². The standard InChI is InChI=1S/C15H22O2/c1-11(2)15(16)17-13(4)10-12(3)14-8-6-5-7-9-14/h5-9,11-13H,10H2,1-4H3. The second kappa shape index (κ2) is 6.43. The molecule has 0 amide bonds. The quantitative estimate of drug-likeness (QED) is 0.725. The van der Waals surface area contributed by atoms with Gasteiger partial charge < -0.3 is 4.74 Å². The Morgan fingerprint density at radius 3 is 2.24 bits per heavy atom. The minimum atomic E-state index is -0.113. The smallest absolute Gasteiger partial charge is 0.308 e. The van der Waals surface area contributed by atoms with Gasteiger partial charge in [0.25, 0.3) is 0 Å². The Labute approximate surface area is 104 Å². The van der Waals surface area contributed by atoms with E-state index in [1.807, 2.05) is 39.0 Å². The number of carbonyl (C=O) groups is 1. The van der Waals surface area contributed by atoms with Gasteiger partial charge in [-0.05, 0) is 24.8 Å². The van der Waals surface area contributed by atoms with Gasteiger partial charge in [-0.3, -0.25) is 4.79 Å². The fourth-order valence-corrected chi connectivity index (χ4v) is 1.80. The summed E-state index contributed by atoms with van der Waals surface area (Å²) in [5, 5.41) is 0. The molecule has 0 saturated heterocycles. The van der Waals surface area contributed by atoms with E-state index in [2.05, 4.69) is 19.1 Å². The molecule has 2 heteroatoms. The van der Waals surface area contributed by atoms with Crippen LogP contribution >= 0.6 is 0 Å². The molecule has 0 radical (unpaired) electrons. The van der Waals surface area contributed by atoms with Gasteiger partial charge >= 0.3 is 5.97 Å². The molecule has 94 valence electrons. The fraction of sp³-hybridized carbons (Fsp3) is 0.533. The summed E-state index contributed by atoms with van der Waals surface area (Å²) in [7, 11) is 0. The van der Waals surface area contributed by atoms with Crippen molar-refractivity contribution >= 4 is 5.97 Å². The third-order valence-electron chi connectivity index (χ3n) is 2.84. The van der Waals surface area contributed by atoms with Crippen LogP contribution in [-0.2, 0) is 9.53 Å². The number of esters is 1. The van der Waals surface area contributed by atoms with Crippen LogP contribution in [0.4, 0.5) is 0 Å². The van der Waals surface area contributed by atoms with E-state index < -0.39 is 0 Å². The summed E-state index contributed by atoms with van der Waals surface area (Å²) in [6.45, 7) is 7.83. The Kier molecular flexibility index (Phi) is 5.20. The molecule has 0 aliphatic rings. The van der Waals surface area contributed by atoms with Crippen molar-refractivity contribution in [1.29, 1.82) is 0 Å². The maximum atomic E-state index is 11.4. The van der Waals surface area contributed by atoms with Gasteiger partial charge in [-0.15, -0.1) is 0 Å². The first-order valence-corrected chi connectivity index (χ1v) is 6.26.